The monoisotopic (exact) mass is 805 g/mol. The highest BCUT2D eigenvalue weighted by Crippen LogP contribution is 2.51. The van der Waals surface area contributed by atoms with Crippen LogP contribution >= 0.6 is 0 Å². The molecule has 64 heavy (non-hydrogen) atoms. The van der Waals surface area contributed by atoms with Gasteiger partial charge in [0, 0.05) is 49.2 Å². The van der Waals surface area contributed by atoms with Crippen LogP contribution in [0, 0.1) is 0 Å². The first-order valence-corrected chi connectivity index (χ1v) is 22.5. The molecule has 0 spiro atoms. The van der Waals surface area contributed by atoms with Crippen LogP contribution in [0.4, 0.5) is 0 Å². The maximum atomic E-state index is 2.67. The third-order valence-corrected chi connectivity index (χ3v) is 15.5. The van der Waals surface area contributed by atoms with Gasteiger partial charge in [-0.15, -0.1) is 0 Å². The fraction of sp³-hybridized carbons (Fsp3) is 0. The molecule has 0 unspecified atom stereocenters. The number of hydrogen-bond donors (Lipinski definition) is 0. The molecule has 0 saturated heterocycles. The van der Waals surface area contributed by atoms with Gasteiger partial charge >= 0.3 is 0 Å². The maximum absolute atomic E-state index is 2.67. The summed E-state index contributed by atoms with van der Waals surface area (Å²) in [6.07, 6.45) is 0. The van der Waals surface area contributed by atoms with Crippen molar-refractivity contribution in [2.45, 2.75) is 0 Å². The number of para-hydroxylation sites is 2. The first-order valence-electron chi connectivity index (χ1n) is 22.5. The molecular weight excluding hydrogens is 773 g/mol. The summed E-state index contributed by atoms with van der Waals surface area (Å²) in [5.41, 5.74) is 20.6. The molecule has 290 valence electrons. The van der Waals surface area contributed by atoms with Crippen LogP contribution in [0.25, 0.3) is 137 Å². The molecular formula is C60H32BN3. The van der Waals surface area contributed by atoms with E-state index in [2.05, 4.69) is 208 Å². The van der Waals surface area contributed by atoms with Gasteiger partial charge in [0.1, 0.15) is 0 Å². The summed E-state index contributed by atoms with van der Waals surface area (Å²) in [6, 6.07) is 73.9. The molecule has 3 aromatic heterocycles. The van der Waals surface area contributed by atoms with E-state index in [-0.39, 0.29) is 6.71 Å². The van der Waals surface area contributed by atoms with Crippen LogP contribution in [-0.2, 0) is 0 Å². The Kier molecular flexibility index (Phi) is 5.56. The third kappa shape index (κ3) is 3.59. The van der Waals surface area contributed by atoms with Gasteiger partial charge in [0.25, 0.3) is 6.71 Å². The van der Waals surface area contributed by atoms with Gasteiger partial charge in [-0.05, 0) is 107 Å². The molecule has 0 N–H and O–H groups in total. The number of benzene rings is 11. The third-order valence-electron chi connectivity index (χ3n) is 15.5. The highest BCUT2D eigenvalue weighted by atomic mass is 15.1. The van der Waals surface area contributed by atoms with Gasteiger partial charge in [-0.3, -0.25) is 0 Å². The summed E-state index contributed by atoms with van der Waals surface area (Å²) in [6.45, 7) is 0.0202. The molecule has 0 saturated carbocycles. The van der Waals surface area contributed by atoms with Crippen molar-refractivity contribution >= 4 is 121 Å². The lowest BCUT2D eigenvalue weighted by Gasteiger charge is -2.34. The van der Waals surface area contributed by atoms with E-state index in [9.17, 15) is 0 Å². The van der Waals surface area contributed by atoms with Gasteiger partial charge in [0.15, 0.2) is 0 Å². The van der Waals surface area contributed by atoms with E-state index in [0.717, 1.165) is 5.69 Å². The van der Waals surface area contributed by atoms with Crippen LogP contribution < -0.4 is 16.4 Å². The zero-order chi connectivity index (χ0) is 41.1. The van der Waals surface area contributed by atoms with E-state index in [4.69, 9.17) is 0 Å². The Hall–Kier alpha value is -8.34. The zero-order valence-electron chi connectivity index (χ0n) is 34.4. The van der Waals surface area contributed by atoms with Crippen LogP contribution in [0.5, 0.6) is 0 Å². The van der Waals surface area contributed by atoms with Gasteiger partial charge in [0.05, 0.1) is 33.3 Å². The van der Waals surface area contributed by atoms with E-state index in [1.165, 1.54) is 148 Å². The average molecular weight is 806 g/mol. The summed E-state index contributed by atoms with van der Waals surface area (Å²) in [4.78, 5) is 0. The summed E-state index contributed by atoms with van der Waals surface area (Å²) >= 11 is 0. The smallest absolute Gasteiger partial charge is 0.252 e. The number of nitrogens with zero attached hydrogens (tertiary/aromatic N) is 3. The van der Waals surface area contributed by atoms with E-state index in [0.29, 0.717) is 0 Å². The van der Waals surface area contributed by atoms with Crippen molar-refractivity contribution in [1.29, 1.82) is 0 Å². The topological polar surface area (TPSA) is 14.8 Å². The first-order chi connectivity index (χ1) is 31.8. The van der Waals surface area contributed by atoms with Gasteiger partial charge < -0.3 is 13.7 Å². The van der Waals surface area contributed by atoms with Crippen molar-refractivity contribution in [1.82, 2.24) is 13.7 Å². The molecule has 0 atom stereocenters. The molecule has 3 aliphatic rings. The molecule has 4 heteroatoms. The lowest BCUT2D eigenvalue weighted by Crippen LogP contribution is -2.59. The highest BCUT2D eigenvalue weighted by molar-refractivity contribution is 7.00. The van der Waals surface area contributed by atoms with Crippen molar-refractivity contribution < 1.29 is 0 Å². The molecule has 0 fully saturated rings. The second-order valence-electron chi connectivity index (χ2n) is 18.3. The largest absolute Gasteiger partial charge is 0.310 e. The van der Waals surface area contributed by atoms with Crippen LogP contribution in [0.3, 0.4) is 0 Å². The van der Waals surface area contributed by atoms with Crippen molar-refractivity contribution in [3.05, 3.63) is 194 Å². The molecule has 17 rings (SSSR count). The molecule has 2 aliphatic heterocycles. The minimum Gasteiger partial charge on any atom is -0.310 e. The van der Waals surface area contributed by atoms with E-state index < -0.39 is 0 Å². The van der Waals surface area contributed by atoms with E-state index in [1.807, 2.05) is 0 Å². The van der Waals surface area contributed by atoms with Crippen LogP contribution in [0.1, 0.15) is 0 Å². The lowest BCUT2D eigenvalue weighted by molar-refractivity contribution is 1.10. The first kappa shape index (κ1) is 32.4. The minimum absolute atomic E-state index is 0.0202. The van der Waals surface area contributed by atoms with Crippen LogP contribution in [0.2, 0.25) is 0 Å². The van der Waals surface area contributed by atoms with Gasteiger partial charge in [-0.2, -0.15) is 0 Å². The average Bonchev–Trinajstić information content (AvgIpc) is 3.98. The molecule has 3 nitrogen and oxygen atoms in total. The van der Waals surface area contributed by atoms with Crippen molar-refractivity contribution in [3.63, 3.8) is 0 Å². The summed E-state index contributed by atoms with van der Waals surface area (Å²) < 4.78 is 7.85. The zero-order valence-corrected chi connectivity index (χ0v) is 34.4. The Morgan fingerprint density at radius 2 is 0.828 bits per heavy atom. The number of hydrogen-bond acceptors (Lipinski definition) is 0. The second-order valence-corrected chi connectivity index (χ2v) is 18.3. The summed E-state index contributed by atoms with van der Waals surface area (Å²) in [7, 11) is 0. The normalized spacial score (nSPS) is 13.3. The predicted octanol–water partition coefficient (Wildman–Crippen LogP) is 13.2. The molecule has 0 radical (unpaired) electrons. The quantitative estimate of drug-likeness (QED) is 0.147. The maximum Gasteiger partial charge on any atom is 0.252 e. The van der Waals surface area contributed by atoms with Gasteiger partial charge in [0.2, 0.25) is 0 Å². The Morgan fingerprint density at radius 3 is 1.59 bits per heavy atom. The van der Waals surface area contributed by atoms with Crippen LogP contribution in [-0.4, -0.2) is 20.4 Å². The van der Waals surface area contributed by atoms with Crippen molar-refractivity contribution in [2.75, 3.05) is 0 Å². The Balaban J connectivity index is 1.12. The Morgan fingerprint density at radius 1 is 0.297 bits per heavy atom. The second kappa shape index (κ2) is 11.0. The van der Waals surface area contributed by atoms with E-state index in [1.54, 1.807) is 0 Å². The van der Waals surface area contributed by atoms with Gasteiger partial charge in [-0.1, -0.05) is 158 Å². The van der Waals surface area contributed by atoms with Crippen molar-refractivity contribution in [3.8, 4) is 39.3 Å². The summed E-state index contributed by atoms with van der Waals surface area (Å²) in [5.74, 6) is 0. The standard InChI is InChI=1S/C60H32BN3/c1-3-15-37-33(12-1)26-28-49-54(37)43-19-7-8-24-47(43)62(49)36-31-51-58-52(32-36)64-48-25-11-21-42-40-18-6-5-17-39(40)41-20-9-14-35-30-46(60(64)57(53(35)41)56(42)48)61(58)45-23-10-22-44-55-38-16-4-2-13-34(38)27-29-50(55)63(51)59(44)45/h1-32H. The minimum atomic E-state index is 0.0202. The predicted molar refractivity (Wildman–Crippen MR) is 271 cm³/mol. The molecule has 5 heterocycles. The van der Waals surface area contributed by atoms with Crippen LogP contribution in [0.15, 0.2) is 194 Å². The molecule has 0 bridgehead atoms. The molecule has 11 aromatic carbocycles. The van der Waals surface area contributed by atoms with E-state index >= 15 is 0 Å². The Bertz CT molecular complexity index is 4560. The summed E-state index contributed by atoms with van der Waals surface area (Å²) in [5, 5.41) is 15.7. The fourth-order valence-corrected chi connectivity index (χ4v) is 13.2. The highest BCUT2D eigenvalue weighted by Gasteiger charge is 2.42. The molecule has 0 amide bonds. The SMILES string of the molecule is c1ccc2c(c1)-c1cccc3cc4c5c(c13)c1c-2cccc1n5-c1cc(-n2c3ccccc3c3c5ccccc5ccc32)cc2c1B4c1cccc3c4c5ccccc5ccc4n-2c13. The van der Waals surface area contributed by atoms with Gasteiger partial charge in [-0.25, -0.2) is 0 Å². The number of fused-ring (bicyclic) bond motifs is 18. The number of aromatic nitrogens is 3. The molecule has 14 aromatic rings. The fourth-order valence-electron chi connectivity index (χ4n) is 13.2. The lowest BCUT2D eigenvalue weighted by atomic mass is 9.34. The molecule has 1 aliphatic carbocycles. The number of rotatable bonds is 1. The Labute approximate surface area is 366 Å². The van der Waals surface area contributed by atoms with Crippen molar-refractivity contribution in [2.24, 2.45) is 0 Å².